The number of benzene rings is 1. The topological polar surface area (TPSA) is 112 Å². The molecule has 0 fully saturated rings. The van der Waals surface area contributed by atoms with E-state index < -0.39 is 30.3 Å². The molecule has 9 nitrogen and oxygen atoms in total. The summed E-state index contributed by atoms with van der Waals surface area (Å²) in [4.78, 5) is 35.5. The van der Waals surface area contributed by atoms with Crippen LogP contribution in [-0.4, -0.2) is 58.7 Å². The molecule has 1 unspecified atom stereocenters. The molecule has 0 bridgehead atoms. The summed E-state index contributed by atoms with van der Waals surface area (Å²) in [7, 11) is 5.33. The van der Waals surface area contributed by atoms with Crippen LogP contribution in [0.1, 0.15) is 27.6 Å². The second-order valence-electron chi connectivity index (χ2n) is 5.01. The summed E-state index contributed by atoms with van der Waals surface area (Å²) in [6.07, 6.45) is -0.627. The molecule has 0 aliphatic heterocycles. The quantitative estimate of drug-likeness (QED) is 0.562. The van der Waals surface area contributed by atoms with Crippen molar-refractivity contribution in [3.63, 3.8) is 0 Å². The van der Waals surface area contributed by atoms with Crippen molar-refractivity contribution >= 4 is 23.7 Å². The van der Waals surface area contributed by atoms with Crippen LogP contribution in [0, 0.1) is 0 Å². The Labute approximate surface area is 145 Å². The Balaban J connectivity index is 2.97. The largest absolute Gasteiger partial charge is 0.465 e. The molecule has 9 heteroatoms. The molecule has 1 aromatic carbocycles. The first-order valence-corrected chi connectivity index (χ1v) is 7.31. The third kappa shape index (κ3) is 5.73. The minimum atomic E-state index is -0.651. The fourth-order valence-corrected chi connectivity index (χ4v) is 2.12. The molecule has 0 saturated heterocycles. The molecule has 0 spiro atoms. The maximum Gasteiger partial charge on any atom is 0.337 e. The molecule has 0 aliphatic rings. The van der Waals surface area contributed by atoms with Crippen LogP contribution >= 0.6 is 0 Å². The van der Waals surface area contributed by atoms with E-state index in [1.807, 2.05) is 0 Å². The molecule has 1 atom stereocenters. The normalized spacial score (nSPS) is 11.6. The number of nitrogens with one attached hydrogen (secondary N) is 2. The monoisotopic (exact) mass is 354 g/mol. The minimum absolute atomic E-state index is 0.0976. The van der Waals surface area contributed by atoms with Gasteiger partial charge in [0.25, 0.3) is 0 Å². The lowest BCUT2D eigenvalue weighted by Gasteiger charge is -2.22. The highest BCUT2D eigenvalue weighted by molar-refractivity contribution is 5.99. The summed E-state index contributed by atoms with van der Waals surface area (Å²) in [5.41, 5.74) is 0.417. The van der Waals surface area contributed by atoms with Crippen LogP contribution in [0.5, 0.6) is 0 Å². The standard InChI is InChI=1S/C16H22N2O7/c1-9(15(24-4)25-5)17-16(21)18-12-7-10(13(19)22-2)6-11(8-12)14(20)23-3/h6-9,15H,1-5H3,(H2,17,18,21). The summed E-state index contributed by atoms with van der Waals surface area (Å²) in [6, 6.07) is 3.07. The number of esters is 2. The Bertz CT molecular complexity index is 595. The fourth-order valence-electron chi connectivity index (χ4n) is 2.12. The average Bonchev–Trinajstić information content (AvgIpc) is 2.60. The third-order valence-corrected chi connectivity index (χ3v) is 3.26. The van der Waals surface area contributed by atoms with Crippen molar-refractivity contribution in [3.8, 4) is 0 Å². The van der Waals surface area contributed by atoms with E-state index in [1.54, 1.807) is 6.92 Å². The van der Waals surface area contributed by atoms with Crippen molar-refractivity contribution in [3.05, 3.63) is 29.3 Å². The van der Waals surface area contributed by atoms with E-state index in [9.17, 15) is 14.4 Å². The van der Waals surface area contributed by atoms with E-state index in [0.29, 0.717) is 0 Å². The lowest BCUT2D eigenvalue weighted by molar-refractivity contribution is -0.117. The van der Waals surface area contributed by atoms with Gasteiger partial charge in [-0.3, -0.25) is 0 Å². The number of rotatable bonds is 7. The van der Waals surface area contributed by atoms with E-state index in [-0.39, 0.29) is 16.8 Å². The first kappa shape index (κ1) is 20.4. The van der Waals surface area contributed by atoms with Gasteiger partial charge in [0.2, 0.25) is 0 Å². The number of ether oxygens (including phenoxy) is 4. The van der Waals surface area contributed by atoms with Crippen LogP contribution in [0.3, 0.4) is 0 Å². The second-order valence-corrected chi connectivity index (χ2v) is 5.01. The zero-order chi connectivity index (χ0) is 19.0. The summed E-state index contributed by atoms with van der Waals surface area (Å²) in [5, 5.41) is 5.16. The molecular formula is C16H22N2O7. The van der Waals surface area contributed by atoms with Crippen LogP contribution in [0.2, 0.25) is 0 Å². The molecule has 2 N–H and O–H groups in total. The van der Waals surface area contributed by atoms with E-state index >= 15 is 0 Å². The highest BCUT2D eigenvalue weighted by Crippen LogP contribution is 2.17. The van der Waals surface area contributed by atoms with Crippen LogP contribution in [0.25, 0.3) is 0 Å². The number of carbonyl (C=O) groups is 3. The van der Waals surface area contributed by atoms with Gasteiger partial charge in [-0.25, -0.2) is 14.4 Å². The molecule has 0 aromatic heterocycles. The first-order chi connectivity index (χ1) is 11.9. The van der Waals surface area contributed by atoms with Crippen molar-refractivity contribution in [1.29, 1.82) is 0 Å². The van der Waals surface area contributed by atoms with Gasteiger partial charge in [0, 0.05) is 19.9 Å². The SMILES string of the molecule is COC(=O)c1cc(NC(=O)NC(C)C(OC)OC)cc(C(=O)OC)c1. The van der Waals surface area contributed by atoms with Gasteiger partial charge < -0.3 is 29.6 Å². The predicted octanol–water partition coefficient (Wildman–Crippen LogP) is 1.39. The van der Waals surface area contributed by atoms with Crippen molar-refractivity contribution in [2.45, 2.75) is 19.3 Å². The maximum absolute atomic E-state index is 12.1. The zero-order valence-electron chi connectivity index (χ0n) is 14.7. The summed E-state index contributed by atoms with van der Waals surface area (Å²) in [5.74, 6) is -1.30. The van der Waals surface area contributed by atoms with Crippen LogP contribution in [0.15, 0.2) is 18.2 Å². The molecular weight excluding hydrogens is 332 g/mol. The number of methoxy groups -OCH3 is 4. The second kappa shape index (κ2) is 9.60. The molecule has 0 aliphatic carbocycles. The van der Waals surface area contributed by atoms with Gasteiger partial charge >= 0.3 is 18.0 Å². The van der Waals surface area contributed by atoms with Gasteiger partial charge in [-0.15, -0.1) is 0 Å². The van der Waals surface area contributed by atoms with E-state index in [0.717, 1.165) is 0 Å². The van der Waals surface area contributed by atoms with E-state index in [4.69, 9.17) is 9.47 Å². The molecule has 2 amide bonds. The van der Waals surface area contributed by atoms with Crippen molar-refractivity contribution < 1.29 is 33.3 Å². The summed E-state index contributed by atoms with van der Waals surface area (Å²) in [6.45, 7) is 1.70. The highest BCUT2D eigenvalue weighted by atomic mass is 16.7. The lowest BCUT2D eigenvalue weighted by atomic mass is 10.1. The smallest absolute Gasteiger partial charge is 0.337 e. The van der Waals surface area contributed by atoms with Crippen LogP contribution in [0.4, 0.5) is 10.5 Å². The van der Waals surface area contributed by atoms with Crippen molar-refractivity contribution in [2.24, 2.45) is 0 Å². The first-order valence-electron chi connectivity index (χ1n) is 7.31. The van der Waals surface area contributed by atoms with Crippen molar-refractivity contribution in [1.82, 2.24) is 5.32 Å². The fraction of sp³-hybridized carbons (Fsp3) is 0.438. The Kier molecular flexibility index (Phi) is 7.83. The number of hydrogen-bond donors (Lipinski definition) is 2. The Morgan fingerprint density at radius 2 is 1.36 bits per heavy atom. The number of hydrogen-bond acceptors (Lipinski definition) is 7. The molecule has 138 valence electrons. The number of amides is 2. The van der Waals surface area contributed by atoms with Crippen LogP contribution in [-0.2, 0) is 18.9 Å². The Morgan fingerprint density at radius 3 is 1.76 bits per heavy atom. The molecule has 0 saturated carbocycles. The minimum Gasteiger partial charge on any atom is -0.465 e. The van der Waals surface area contributed by atoms with Crippen LogP contribution < -0.4 is 10.6 Å². The lowest BCUT2D eigenvalue weighted by Crippen LogP contribution is -2.44. The number of carbonyl (C=O) groups excluding carboxylic acids is 3. The van der Waals surface area contributed by atoms with Gasteiger partial charge in [-0.2, -0.15) is 0 Å². The average molecular weight is 354 g/mol. The highest BCUT2D eigenvalue weighted by Gasteiger charge is 2.19. The van der Waals surface area contributed by atoms with Gasteiger partial charge in [0.15, 0.2) is 6.29 Å². The summed E-state index contributed by atoms with van der Waals surface area (Å²) >= 11 is 0. The zero-order valence-corrected chi connectivity index (χ0v) is 14.7. The summed E-state index contributed by atoms with van der Waals surface area (Å²) < 4.78 is 19.4. The predicted molar refractivity (Wildman–Crippen MR) is 88.5 cm³/mol. The molecule has 25 heavy (non-hydrogen) atoms. The van der Waals surface area contributed by atoms with Gasteiger partial charge in [0.05, 0.1) is 31.4 Å². The van der Waals surface area contributed by atoms with E-state index in [2.05, 4.69) is 20.1 Å². The van der Waals surface area contributed by atoms with Gasteiger partial charge in [-0.05, 0) is 25.1 Å². The number of urea groups is 1. The molecule has 0 radical (unpaired) electrons. The molecule has 0 heterocycles. The van der Waals surface area contributed by atoms with E-state index in [1.165, 1.54) is 46.6 Å². The van der Waals surface area contributed by atoms with Gasteiger partial charge in [0.1, 0.15) is 0 Å². The van der Waals surface area contributed by atoms with Gasteiger partial charge in [-0.1, -0.05) is 0 Å². The molecule has 1 aromatic rings. The maximum atomic E-state index is 12.1. The number of anilines is 1. The third-order valence-electron chi connectivity index (χ3n) is 3.26. The Morgan fingerprint density at radius 1 is 0.880 bits per heavy atom. The molecule has 1 rings (SSSR count). The van der Waals surface area contributed by atoms with Crippen molar-refractivity contribution in [2.75, 3.05) is 33.8 Å². The Hall–Kier alpha value is -2.65.